The summed E-state index contributed by atoms with van der Waals surface area (Å²) in [4.78, 5) is 2.41. The molecule has 0 aliphatic carbocycles. The number of nitrogens with zero attached hydrogens (tertiary/aromatic N) is 3. The standard InChI is InChI=1S/C21H24N4O/c1-3-8-17(9-4-1)14-25(15-19-12-7-13-26-19)16-20-21(23-24-22-20)18-10-5-2-6-11-18/h1-6,8-11,19H,7,12-16H2,(H,22,23,24)/t19-/m1/s1. The fraction of sp³-hybridized carbons (Fsp3) is 0.333. The molecule has 1 saturated heterocycles. The first-order valence-electron chi connectivity index (χ1n) is 9.21. The minimum absolute atomic E-state index is 0.311. The van der Waals surface area contributed by atoms with Gasteiger partial charge in [-0.05, 0) is 18.4 Å². The van der Waals surface area contributed by atoms with E-state index in [-0.39, 0.29) is 0 Å². The summed E-state index contributed by atoms with van der Waals surface area (Å²) in [6, 6.07) is 20.8. The normalized spacial score (nSPS) is 17.0. The Morgan fingerprint density at radius 2 is 1.73 bits per heavy atom. The molecule has 1 aliphatic heterocycles. The van der Waals surface area contributed by atoms with Crippen molar-refractivity contribution in [3.05, 3.63) is 71.9 Å². The number of ether oxygens (including phenoxy) is 1. The fourth-order valence-electron chi connectivity index (χ4n) is 3.50. The molecule has 1 aliphatic rings. The second-order valence-corrected chi connectivity index (χ2v) is 6.78. The Kier molecular flexibility index (Phi) is 5.38. The third-order valence-corrected chi connectivity index (χ3v) is 4.78. The van der Waals surface area contributed by atoms with Crippen molar-refractivity contribution >= 4 is 0 Å². The van der Waals surface area contributed by atoms with E-state index in [1.165, 1.54) is 5.56 Å². The molecule has 1 aromatic heterocycles. The van der Waals surface area contributed by atoms with Gasteiger partial charge in [0.25, 0.3) is 0 Å². The van der Waals surface area contributed by atoms with Crippen molar-refractivity contribution in [3.8, 4) is 11.3 Å². The zero-order chi connectivity index (χ0) is 17.6. The van der Waals surface area contributed by atoms with Crippen LogP contribution in [0.4, 0.5) is 0 Å². The molecular weight excluding hydrogens is 324 g/mol. The molecule has 4 rings (SSSR count). The molecule has 1 fully saturated rings. The van der Waals surface area contributed by atoms with E-state index in [1.807, 2.05) is 18.2 Å². The van der Waals surface area contributed by atoms with E-state index in [0.29, 0.717) is 6.10 Å². The molecule has 0 radical (unpaired) electrons. The molecular formula is C21H24N4O. The second kappa shape index (κ2) is 8.25. The van der Waals surface area contributed by atoms with Crippen LogP contribution in [0, 0.1) is 0 Å². The van der Waals surface area contributed by atoms with E-state index in [9.17, 15) is 0 Å². The summed E-state index contributed by atoms with van der Waals surface area (Å²) in [5.74, 6) is 0. The summed E-state index contributed by atoms with van der Waals surface area (Å²) in [5.41, 5.74) is 4.30. The number of H-pyrrole nitrogens is 1. The Morgan fingerprint density at radius 1 is 0.962 bits per heavy atom. The Hall–Kier alpha value is -2.50. The maximum absolute atomic E-state index is 5.87. The van der Waals surface area contributed by atoms with Crippen molar-refractivity contribution in [3.63, 3.8) is 0 Å². The molecule has 26 heavy (non-hydrogen) atoms. The van der Waals surface area contributed by atoms with Crippen LogP contribution in [0.1, 0.15) is 24.1 Å². The summed E-state index contributed by atoms with van der Waals surface area (Å²) < 4.78 is 5.87. The molecule has 1 atom stereocenters. The number of aromatic amines is 1. The number of hydrogen-bond acceptors (Lipinski definition) is 4. The lowest BCUT2D eigenvalue weighted by Crippen LogP contribution is -2.31. The first kappa shape index (κ1) is 16.9. The van der Waals surface area contributed by atoms with Crippen LogP contribution in [0.15, 0.2) is 60.7 Å². The van der Waals surface area contributed by atoms with Gasteiger partial charge in [-0.25, -0.2) is 0 Å². The molecule has 0 amide bonds. The van der Waals surface area contributed by atoms with Crippen LogP contribution in [0.2, 0.25) is 0 Å². The molecule has 0 unspecified atom stereocenters. The molecule has 2 heterocycles. The van der Waals surface area contributed by atoms with Gasteiger partial charge >= 0.3 is 0 Å². The quantitative estimate of drug-likeness (QED) is 0.708. The fourth-order valence-corrected chi connectivity index (χ4v) is 3.50. The highest BCUT2D eigenvalue weighted by Gasteiger charge is 2.21. The smallest absolute Gasteiger partial charge is 0.117 e. The van der Waals surface area contributed by atoms with Crippen LogP contribution in [-0.4, -0.2) is 39.6 Å². The lowest BCUT2D eigenvalue weighted by atomic mass is 10.1. The first-order chi connectivity index (χ1) is 12.9. The van der Waals surface area contributed by atoms with Crippen LogP contribution < -0.4 is 0 Å². The Morgan fingerprint density at radius 3 is 2.46 bits per heavy atom. The minimum atomic E-state index is 0.311. The van der Waals surface area contributed by atoms with Crippen molar-refractivity contribution in [1.29, 1.82) is 0 Å². The van der Waals surface area contributed by atoms with E-state index < -0.39 is 0 Å². The van der Waals surface area contributed by atoms with Gasteiger partial charge in [0.05, 0.1) is 6.10 Å². The average Bonchev–Trinajstić information content (AvgIpc) is 3.35. The van der Waals surface area contributed by atoms with Crippen LogP contribution in [0.5, 0.6) is 0 Å². The zero-order valence-corrected chi connectivity index (χ0v) is 14.8. The lowest BCUT2D eigenvalue weighted by Gasteiger charge is -2.24. The molecule has 134 valence electrons. The predicted octanol–water partition coefficient (Wildman–Crippen LogP) is 3.65. The van der Waals surface area contributed by atoms with E-state index in [1.54, 1.807) is 0 Å². The zero-order valence-electron chi connectivity index (χ0n) is 14.8. The van der Waals surface area contributed by atoms with Crippen molar-refractivity contribution in [2.75, 3.05) is 13.2 Å². The number of rotatable bonds is 7. The summed E-state index contributed by atoms with van der Waals surface area (Å²) >= 11 is 0. The summed E-state index contributed by atoms with van der Waals surface area (Å²) in [7, 11) is 0. The van der Waals surface area contributed by atoms with Crippen molar-refractivity contribution < 1.29 is 4.74 Å². The Bertz CT molecular complexity index is 797. The van der Waals surface area contributed by atoms with Gasteiger partial charge in [-0.1, -0.05) is 60.7 Å². The minimum Gasteiger partial charge on any atom is -0.377 e. The topological polar surface area (TPSA) is 54.0 Å². The van der Waals surface area contributed by atoms with Crippen LogP contribution in [-0.2, 0) is 17.8 Å². The predicted molar refractivity (Wildman–Crippen MR) is 101 cm³/mol. The number of hydrogen-bond donors (Lipinski definition) is 1. The van der Waals surface area contributed by atoms with Gasteiger partial charge in [0.1, 0.15) is 11.4 Å². The SMILES string of the molecule is c1ccc(CN(Cc2n[nH]nc2-c2ccccc2)C[C@H]2CCCO2)cc1. The lowest BCUT2D eigenvalue weighted by molar-refractivity contribution is 0.0675. The van der Waals surface area contributed by atoms with Crippen LogP contribution in [0.3, 0.4) is 0 Å². The summed E-state index contributed by atoms with van der Waals surface area (Å²) in [6.45, 7) is 3.41. The highest BCUT2D eigenvalue weighted by atomic mass is 16.5. The number of benzene rings is 2. The van der Waals surface area contributed by atoms with Gasteiger partial charge < -0.3 is 4.74 Å². The van der Waals surface area contributed by atoms with Gasteiger partial charge in [0, 0.05) is 31.8 Å². The molecule has 5 nitrogen and oxygen atoms in total. The van der Waals surface area contributed by atoms with Crippen molar-refractivity contribution in [2.24, 2.45) is 0 Å². The van der Waals surface area contributed by atoms with E-state index in [4.69, 9.17) is 4.74 Å². The second-order valence-electron chi connectivity index (χ2n) is 6.78. The number of aromatic nitrogens is 3. The third-order valence-electron chi connectivity index (χ3n) is 4.78. The van der Waals surface area contributed by atoms with Gasteiger partial charge in [-0.3, -0.25) is 4.90 Å². The monoisotopic (exact) mass is 348 g/mol. The van der Waals surface area contributed by atoms with Crippen LogP contribution >= 0.6 is 0 Å². The number of nitrogens with one attached hydrogen (secondary N) is 1. The van der Waals surface area contributed by atoms with Crippen molar-refractivity contribution in [2.45, 2.75) is 32.0 Å². The molecule has 0 saturated carbocycles. The van der Waals surface area contributed by atoms with Gasteiger partial charge in [-0.2, -0.15) is 15.4 Å². The first-order valence-corrected chi connectivity index (χ1v) is 9.21. The molecule has 1 N–H and O–H groups in total. The Labute approximate surface area is 154 Å². The maximum atomic E-state index is 5.87. The maximum Gasteiger partial charge on any atom is 0.117 e. The Balaban J connectivity index is 1.53. The molecule has 0 spiro atoms. The molecule has 0 bridgehead atoms. The molecule has 5 heteroatoms. The van der Waals surface area contributed by atoms with Gasteiger partial charge in [0.2, 0.25) is 0 Å². The van der Waals surface area contributed by atoms with E-state index in [0.717, 1.165) is 56.0 Å². The molecule has 2 aromatic carbocycles. The van der Waals surface area contributed by atoms with E-state index >= 15 is 0 Å². The van der Waals surface area contributed by atoms with Crippen molar-refractivity contribution in [1.82, 2.24) is 20.3 Å². The van der Waals surface area contributed by atoms with Crippen LogP contribution in [0.25, 0.3) is 11.3 Å². The van der Waals surface area contributed by atoms with Gasteiger partial charge in [0.15, 0.2) is 0 Å². The van der Waals surface area contributed by atoms with E-state index in [2.05, 4.69) is 62.8 Å². The van der Waals surface area contributed by atoms with Gasteiger partial charge in [-0.15, -0.1) is 0 Å². The summed E-state index contributed by atoms with van der Waals surface area (Å²) in [6.07, 6.45) is 2.60. The highest BCUT2D eigenvalue weighted by Crippen LogP contribution is 2.22. The average molecular weight is 348 g/mol. The molecule has 3 aromatic rings. The largest absolute Gasteiger partial charge is 0.377 e. The summed E-state index contributed by atoms with van der Waals surface area (Å²) in [5, 5.41) is 11.6. The third kappa shape index (κ3) is 4.18. The highest BCUT2D eigenvalue weighted by molar-refractivity contribution is 5.60.